The van der Waals surface area contributed by atoms with E-state index in [1.165, 1.54) is 0 Å². The highest BCUT2D eigenvalue weighted by molar-refractivity contribution is 4.97. The minimum absolute atomic E-state index is 0.0957. The Morgan fingerprint density at radius 1 is 2.00 bits per heavy atom. The van der Waals surface area contributed by atoms with Gasteiger partial charge in [0.15, 0.2) is 0 Å². The molecule has 9 heavy (non-hydrogen) atoms. The van der Waals surface area contributed by atoms with Crippen LogP contribution in [-0.2, 0) is 4.74 Å². The van der Waals surface area contributed by atoms with Gasteiger partial charge in [0, 0.05) is 4.91 Å². The van der Waals surface area contributed by atoms with Gasteiger partial charge in [-0.25, -0.2) is 0 Å². The summed E-state index contributed by atoms with van der Waals surface area (Å²) in [6.45, 7) is 4.19. The van der Waals surface area contributed by atoms with E-state index in [0.29, 0.717) is 6.61 Å². The zero-order valence-electron chi connectivity index (χ0n) is 4.90. The SMILES string of the molecule is C=C[C@@H](N=[N+]=[N-])C1CO1. The van der Waals surface area contributed by atoms with E-state index < -0.39 is 0 Å². The molecule has 1 unspecified atom stereocenters. The van der Waals surface area contributed by atoms with E-state index in [1.54, 1.807) is 6.08 Å². The molecule has 0 radical (unpaired) electrons. The highest BCUT2D eigenvalue weighted by Gasteiger charge is 2.29. The lowest BCUT2D eigenvalue weighted by Crippen LogP contribution is -2.06. The monoisotopic (exact) mass is 125 g/mol. The van der Waals surface area contributed by atoms with Crippen molar-refractivity contribution in [3.63, 3.8) is 0 Å². The van der Waals surface area contributed by atoms with Gasteiger partial charge < -0.3 is 4.74 Å². The zero-order valence-corrected chi connectivity index (χ0v) is 4.90. The summed E-state index contributed by atoms with van der Waals surface area (Å²) in [5.41, 5.74) is 8.00. The van der Waals surface area contributed by atoms with Gasteiger partial charge >= 0.3 is 0 Å². The third-order valence-electron chi connectivity index (χ3n) is 1.17. The normalized spacial score (nSPS) is 26.0. The molecule has 0 aromatic rings. The summed E-state index contributed by atoms with van der Waals surface area (Å²) in [4.78, 5) is 2.64. The van der Waals surface area contributed by atoms with Crippen LogP contribution < -0.4 is 0 Å². The molecule has 1 fully saturated rings. The van der Waals surface area contributed by atoms with Crippen molar-refractivity contribution in [3.05, 3.63) is 23.1 Å². The molecule has 1 heterocycles. The van der Waals surface area contributed by atoms with Gasteiger partial charge in [-0.05, 0) is 5.53 Å². The molecule has 1 rings (SSSR count). The molecule has 1 saturated heterocycles. The van der Waals surface area contributed by atoms with Crippen LogP contribution in [-0.4, -0.2) is 18.8 Å². The predicted octanol–water partition coefficient (Wildman–Crippen LogP) is 1.25. The first kappa shape index (κ1) is 6.13. The molecule has 0 spiro atoms. The fourth-order valence-electron chi connectivity index (χ4n) is 0.586. The molecule has 0 N–H and O–H groups in total. The third-order valence-corrected chi connectivity index (χ3v) is 1.17. The van der Waals surface area contributed by atoms with Crippen molar-refractivity contribution in [2.45, 2.75) is 12.1 Å². The van der Waals surface area contributed by atoms with Crippen molar-refractivity contribution >= 4 is 0 Å². The van der Waals surface area contributed by atoms with Crippen molar-refractivity contribution in [2.24, 2.45) is 5.11 Å². The van der Waals surface area contributed by atoms with Crippen LogP contribution >= 0.6 is 0 Å². The van der Waals surface area contributed by atoms with E-state index in [1.807, 2.05) is 0 Å². The summed E-state index contributed by atoms with van der Waals surface area (Å²) in [6.07, 6.45) is 1.69. The Kier molecular flexibility index (Phi) is 1.72. The molecule has 0 aliphatic carbocycles. The van der Waals surface area contributed by atoms with Gasteiger partial charge in [-0.3, -0.25) is 0 Å². The van der Waals surface area contributed by atoms with Crippen LogP contribution in [0.2, 0.25) is 0 Å². The zero-order chi connectivity index (χ0) is 6.69. The van der Waals surface area contributed by atoms with Crippen molar-refractivity contribution in [2.75, 3.05) is 6.61 Å². The summed E-state index contributed by atoms with van der Waals surface area (Å²) in [5.74, 6) is 0. The van der Waals surface area contributed by atoms with Crippen LogP contribution in [0.3, 0.4) is 0 Å². The average Bonchev–Trinajstić information content (AvgIpc) is 2.64. The molecule has 2 atom stereocenters. The van der Waals surface area contributed by atoms with Gasteiger partial charge in [-0.1, -0.05) is 11.2 Å². The summed E-state index contributed by atoms with van der Waals surface area (Å²) in [7, 11) is 0. The standard InChI is InChI=1S/C5H7N3O/c1-2-4(7-8-6)5-3-9-5/h2,4-5H,1,3H2/t4-,5?/m1/s1. The molecule has 0 saturated carbocycles. The number of nitrogens with zero attached hydrogens (tertiary/aromatic N) is 3. The number of hydrogen-bond donors (Lipinski definition) is 0. The Balaban J connectivity index is 2.46. The lowest BCUT2D eigenvalue weighted by molar-refractivity contribution is 0.392. The summed E-state index contributed by atoms with van der Waals surface area (Å²) >= 11 is 0. The maximum Gasteiger partial charge on any atom is 0.0929 e. The molecule has 0 aromatic carbocycles. The van der Waals surface area contributed by atoms with E-state index in [9.17, 15) is 0 Å². The van der Waals surface area contributed by atoms with E-state index in [-0.39, 0.29) is 12.1 Å². The first-order chi connectivity index (χ1) is 4.38. The molecule has 1 aliphatic rings. The molecule has 0 aromatic heterocycles. The summed E-state index contributed by atoms with van der Waals surface area (Å²) in [5, 5.41) is 3.44. The van der Waals surface area contributed by atoms with Crippen LogP contribution in [0.5, 0.6) is 0 Å². The van der Waals surface area contributed by atoms with E-state index >= 15 is 0 Å². The quantitative estimate of drug-likeness (QED) is 0.184. The van der Waals surface area contributed by atoms with Crippen molar-refractivity contribution in [1.29, 1.82) is 0 Å². The lowest BCUT2D eigenvalue weighted by Gasteiger charge is -1.95. The van der Waals surface area contributed by atoms with Crippen molar-refractivity contribution in [1.82, 2.24) is 0 Å². The number of ether oxygens (including phenoxy) is 1. The first-order valence-electron chi connectivity index (χ1n) is 2.67. The molecule has 4 heteroatoms. The van der Waals surface area contributed by atoms with Gasteiger partial charge in [0.25, 0.3) is 0 Å². The number of epoxide rings is 1. The van der Waals surface area contributed by atoms with Gasteiger partial charge in [0.1, 0.15) is 0 Å². The molecule has 0 amide bonds. The topological polar surface area (TPSA) is 61.3 Å². The Hall–Kier alpha value is -0.990. The Labute approximate surface area is 52.8 Å². The van der Waals surface area contributed by atoms with E-state index in [0.717, 1.165) is 0 Å². The third kappa shape index (κ3) is 1.45. The highest BCUT2D eigenvalue weighted by atomic mass is 16.6. The Bertz CT molecular complexity index is 158. The van der Waals surface area contributed by atoms with Gasteiger partial charge in [-0.15, -0.1) is 6.58 Å². The fourth-order valence-corrected chi connectivity index (χ4v) is 0.586. The van der Waals surface area contributed by atoms with Crippen molar-refractivity contribution < 1.29 is 4.74 Å². The van der Waals surface area contributed by atoms with Crippen LogP contribution in [0.4, 0.5) is 0 Å². The van der Waals surface area contributed by atoms with Gasteiger partial charge in [0.2, 0.25) is 0 Å². The van der Waals surface area contributed by atoms with Crippen LogP contribution in [0.1, 0.15) is 0 Å². The van der Waals surface area contributed by atoms with Gasteiger partial charge in [-0.2, -0.15) is 0 Å². The summed E-state index contributed by atoms with van der Waals surface area (Å²) in [6, 6.07) is -0.171. The second-order valence-electron chi connectivity index (χ2n) is 1.80. The highest BCUT2D eigenvalue weighted by Crippen LogP contribution is 2.17. The smallest absolute Gasteiger partial charge is 0.0929 e. The molecule has 48 valence electrons. The molecule has 0 bridgehead atoms. The molecule has 4 nitrogen and oxygen atoms in total. The first-order valence-corrected chi connectivity index (χ1v) is 2.67. The summed E-state index contributed by atoms with van der Waals surface area (Å²) < 4.78 is 4.88. The van der Waals surface area contributed by atoms with Crippen LogP contribution in [0.15, 0.2) is 17.8 Å². The maximum absolute atomic E-state index is 8.00. The van der Waals surface area contributed by atoms with E-state index in [2.05, 4.69) is 16.6 Å². The maximum atomic E-state index is 8.00. The number of rotatable bonds is 3. The molecule has 1 aliphatic heterocycles. The second kappa shape index (κ2) is 2.53. The minimum Gasteiger partial charge on any atom is -0.372 e. The predicted molar refractivity (Wildman–Crippen MR) is 32.9 cm³/mol. The lowest BCUT2D eigenvalue weighted by atomic mass is 10.2. The average molecular weight is 125 g/mol. The Morgan fingerprint density at radius 2 is 2.67 bits per heavy atom. The molecular formula is C5H7N3O. The number of hydrogen-bond acceptors (Lipinski definition) is 2. The molecular weight excluding hydrogens is 118 g/mol. The van der Waals surface area contributed by atoms with Gasteiger partial charge in [0.05, 0.1) is 18.8 Å². The largest absolute Gasteiger partial charge is 0.372 e. The van der Waals surface area contributed by atoms with Crippen LogP contribution in [0, 0.1) is 0 Å². The van der Waals surface area contributed by atoms with Crippen molar-refractivity contribution in [3.8, 4) is 0 Å². The minimum atomic E-state index is -0.171. The fraction of sp³-hybridized carbons (Fsp3) is 0.600. The van der Waals surface area contributed by atoms with E-state index in [4.69, 9.17) is 10.3 Å². The second-order valence-corrected chi connectivity index (χ2v) is 1.80. The van der Waals surface area contributed by atoms with Crippen LogP contribution in [0.25, 0.3) is 10.4 Å². The Morgan fingerprint density at radius 3 is 3.00 bits per heavy atom. The number of azide groups is 1.